The van der Waals surface area contributed by atoms with Crippen LogP contribution >= 0.6 is 0 Å². The van der Waals surface area contributed by atoms with Crippen molar-refractivity contribution < 1.29 is 0 Å². The molecule has 1 aromatic rings. The molecule has 84 valence electrons. The van der Waals surface area contributed by atoms with Gasteiger partial charge in [0.25, 0.3) is 0 Å². The minimum absolute atomic E-state index is 0.572. The molecule has 0 amide bonds. The van der Waals surface area contributed by atoms with Gasteiger partial charge in [-0.05, 0) is 37.0 Å². The zero-order valence-electron chi connectivity index (χ0n) is 9.74. The van der Waals surface area contributed by atoms with Gasteiger partial charge in [0.1, 0.15) is 0 Å². The molecule has 2 rings (SSSR count). The Kier molecular flexibility index (Phi) is 3.46. The summed E-state index contributed by atoms with van der Waals surface area (Å²) in [6.45, 7) is 2.31. The number of anilines is 1. The van der Waals surface area contributed by atoms with E-state index in [4.69, 9.17) is 5.26 Å². The van der Waals surface area contributed by atoms with E-state index in [0.29, 0.717) is 6.04 Å². The molecule has 16 heavy (non-hydrogen) atoms. The van der Waals surface area contributed by atoms with Crippen molar-refractivity contribution in [1.29, 1.82) is 5.26 Å². The van der Waals surface area contributed by atoms with Crippen LogP contribution in [0.2, 0.25) is 0 Å². The van der Waals surface area contributed by atoms with Gasteiger partial charge in [-0.15, -0.1) is 0 Å². The molecule has 1 aliphatic rings. The predicted octanol–water partition coefficient (Wildman–Crippen LogP) is 3.55. The molecule has 1 saturated carbocycles. The fourth-order valence-corrected chi connectivity index (χ4v) is 2.42. The summed E-state index contributed by atoms with van der Waals surface area (Å²) < 4.78 is 0. The van der Waals surface area contributed by atoms with Crippen LogP contribution in [0.3, 0.4) is 0 Å². The van der Waals surface area contributed by atoms with Crippen molar-refractivity contribution >= 4 is 5.69 Å². The van der Waals surface area contributed by atoms with Crippen molar-refractivity contribution in [2.75, 3.05) is 5.32 Å². The van der Waals surface area contributed by atoms with Gasteiger partial charge in [-0.2, -0.15) is 5.26 Å². The second-order valence-electron chi connectivity index (χ2n) is 4.71. The molecule has 1 aliphatic carbocycles. The summed E-state index contributed by atoms with van der Waals surface area (Å²) in [7, 11) is 0. The first kappa shape index (κ1) is 11.0. The Balaban J connectivity index is 2.05. The van der Waals surface area contributed by atoms with Crippen molar-refractivity contribution in [2.24, 2.45) is 5.92 Å². The van der Waals surface area contributed by atoms with Crippen LogP contribution in [0.5, 0.6) is 0 Å². The van der Waals surface area contributed by atoms with Gasteiger partial charge in [-0.3, -0.25) is 0 Å². The molecule has 2 unspecified atom stereocenters. The van der Waals surface area contributed by atoms with Crippen molar-refractivity contribution in [2.45, 2.75) is 38.6 Å². The highest BCUT2D eigenvalue weighted by Crippen LogP contribution is 2.26. The summed E-state index contributed by atoms with van der Waals surface area (Å²) in [5, 5.41) is 12.4. The second kappa shape index (κ2) is 5.03. The molecule has 0 bridgehead atoms. The number of hydrogen-bond acceptors (Lipinski definition) is 2. The molecule has 0 aliphatic heterocycles. The largest absolute Gasteiger partial charge is 0.382 e. The van der Waals surface area contributed by atoms with E-state index in [2.05, 4.69) is 18.3 Å². The summed E-state index contributed by atoms with van der Waals surface area (Å²) in [6, 6.07) is 10.5. The van der Waals surface area contributed by atoms with Gasteiger partial charge in [0, 0.05) is 11.7 Å². The first-order chi connectivity index (χ1) is 7.79. The second-order valence-corrected chi connectivity index (χ2v) is 4.71. The maximum absolute atomic E-state index is 8.84. The number of rotatable bonds is 2. The van der Waals surface area contributed by atoms with Crippen LogP contribution in [0.25, 0.3) is 0 Å². The quantitative estimate of drug-likeness (QED) is 0.817. The highest BCUT2D eigenvalue weighted by Gasteiger charge is 2.20. The standard InChI is InChI=1S/C14H18N2/c1-11-5-2-3-8-14(11)16-13-7-4-6-12(9-13)10-15/h4,6-7,9,11,14,16H,2-3,5,8H2,1H3. The summed E-state index contributed by atoms with van der Waals surface area (Å²) in [5.41, 5.74) is 1.81. The van der Waals surface area contributed by atoms with Crippen LogP contribution in [0, 0.1) is 17.2 Å². The van der Waals surface area contributed by atoms with Crippen LogP contribution in [-0.2, 0) is 0 Å². The zero-order chi connectivity index (χ0) is 11.4. The summed E-state index contributed by atoms with van der Waals surface area (Å²) in [6.07, 6.45) is 5.24. The number of hydrogen-bond donors (Lipinski definition) is 1. The molecular weight excluding hydrogens is 196 g/mol. The number of nitrogens with zero attached hydrogens (tertiary/aromatic N) is 1. The Labute approximate surface area is 97.3 Å². The first-order valence-electron chi connectivity index (χ1n) is 6.06. The Morgan fingerprint density at radius 3 is 2.88 bits per heavy atom. The Morgan fingerprint density at radius 2 is 2.12 bits per heavy atom. The van der Waals surface area contributed by atoms with E-state index in [1.165, 1.54) is 25.7 Å². The lowest BCUT2D eigenvalue weighted by Crippen LogP contribution is -2.30. The first-order valence-corrected chi connectivity index (χ1v) is 6.06. The molecular formula is C14H18N2. The topological polar surface area (TPSA) is 35.8 Å². The summed E-state index contributed by atoms with van der Waals surface area (Å²) in [5.74, 6) is 0.736. The van der Waals surface area contributed by atoms with Crippen molar-refractivity contribution in [3.8, 4) is 6.07 Å². The molecule has 1 fully saturated rings. The minimum atomic E-state index is 0.572. The van der Waals surface area contributed by atoms with Crippen LogP contribution in [0.4, 0.5) is 5.69 Å². The molecule has 2 atom stereocenters. The minimum Gasteiger partial charge on any atom is -0.382 e. The van der Waals surface area contributed by atoms with Gasteiger partial charge in [-0.1, -0.05) is 25.8 Å². The fourth-order valence-electron chi connectivity index (χ4n) is 2.42. The lowest BCUT2D eigenvalue weighted by molar-refractivity contribution is 0.349. The third kappa shape index (κ3) is 2.55. The molecule has 0 spiro atoms. The third-order valence-electron chi connectivity index (χ3n) is 3.46. The summed E-state index contributed by atoms with van der Waals surface area (Å²) in [4.78, 5) is 0. The van der Waals surface area contributed by atoms with Crippen LogP contribution < -0.4 is 5.32 Å². The fraction of sp³-hybridized carbons (Fsp3) is 0.500. The molecule has 0 saturated heterocycles. The predicted molar refractivity (Wildman–Crippen MR) is 66.2 cm³/mol. The highest BCUT2D eigenvalue weighted by atomic mass is 14.9. The average Bonchev–Trinajstić information content (AvgIpc) is 2.32. The van der Waals surface area contributed by atoms with Gasteiger partial charge in [-0.25, -0.2) is 0 Å². The lowest BCUT2D eigenvalue weighted by atomic mass is 9.86. The van der Waals surface area contributed by atoms with Gasteiger partial charge >= 0.3 is 0 Å². The van der Waals surface area contributed by atoms with E-state index in [1.54, 1.807) is 0 Å². The van der Waals surface area contributed by atoms with E-state index < -0.39 is 0 Å². The number of benzene rings is 1. The molecule has 0 radical (unpaired) electrons. The Hall–Kier alpha value is -1.49. The maximum atomic E-state index is 8.84. The monoisotopic (exact) mass is 214 g/mol. The number of nitrogens with one attached hydrogen (secondary N) is 1. The smallest absolute Gasteiger partial charge is 0.0992 e. The normalized spacial score (nSPS) is 24.8. The SMILES string of the molecule is CC1CCCCC1Nc1cccc(C#N)c1. The third-order valence-corrected chi connectivity index (χ3v) is 3.46. The van der Waals surface area contributed by atoms with Gasteiger partial charge in [0.2, 0.25) is 0 Å². The van der Waals surface area contributed by atoms with E-state index in [0.717, 1.165) is 17.2 Å². The Bertz CT molecular complexity index is 392. The van der Waals surface area contributed by atoms with E-state index in [-0.39, 0.29) is 0 Å². The van der Waals surface area contributed by atoms with Gasteiger partial charge in [0.05, 0.1) is 11.6 Å². The van der Waals surface area contributed by atoms with Crippen LogP contribution in [-0.4, -0.2) is 6.04 Å². The van der Waals surface area contributed by atoms with Crippen molar-refractivity contribution in [3.63, 3.8) is 0 Å². The van der Waals surface area contributed by atoms with E-state index in [9.17, 15) is 0 Å². The maximum Gasteiger partial charge on any atom is 0.0992 e. The van der Waals surface area contributed by atoms with E-state index in [1.807, 2.05) is 24.3 Å². The average molecular weight is 214 g/mol. The van der Waals surface area contributed by atoms with Crippen LogP contribution in [0.15, 0.2) is 24.3 Å². The molecule has 1 aromatic carbocycles. The Morgan fingerprint density at radius 1 is 1.31 bits per heavy atom. The molecule has 0 heterocycles. The van der Waals surface area contributed by atoms with Crippen LogP contribution in [0.1, 0.15) is 38.2 Å². The van der Waals surface area contributed by atoms with Gasteiger partial charge in [0.15, 0.2) is 0 Å². The van der Waals surface area contributed by atoms with Crippen molar-refractivity contribution in [1.82, 2.24) is 0 Å². The van der Waals surface area contributed by atoms with Crippen molar-refractivity contribution in [3.05, 3.63) is 29.8 Å². The summed E-state index contributed by atoms with van der Waals surface area (Å²) >= 11 is 0. The van der Waals surface area contributed by atoms with Gasteiger partial charge < -0.3 is 5.32 Å². The lowest BCUT2D eigenvalue weighted by Gasteiger charge is -2.30. The molecule has 2 heteroatoms. The van der Waals surface area contributed by atoms with E-state index >= 15 is 0 Å². The number of nitriles is 1. The molecule has 0 aromatic heterocycles. The molecule has 2 nitrogen and oxygen atoms in total. The zero-order valence-corrected chi connectivity index (χ0v) is 9.74. The highest BCUT2D eigenvalue weighted by molar-refractivity contribution is 5.49. The molecule has 1 N–H and O–H groups in total.